The van der Waals surface area contributed by atoms with Crippen LogP contribution in [0.4, 0.5) is 13.2 Å². The van der Waals surface area contributed by atoms with Crippen molar-refractivity contribution in [1.29, 1.82) is 5.26 Å². The second-order valence-electron chi connectivity index (χ2n) is 6.48. The van der Waals surface area contributed by atoms with Crippen LogP contribution in [0.2, 0.25) is 0 Å². The van der Waals surface area contributed by atoms with Gasteiger partial charge in [0.15, 0.2) is 6.10 Å². The summed E-state index contributed by atoms with van der Waals surface area (Å²) in [7, 11) is 0.500. The van der Waals surface area contributed by atoms with Crippen LogP contribution in [0, 0.1) is 17.2 Å². The van der Waals surface area contributed by atoms with Gasteiger partial charge in [-0.3, -0.25) is 14.2 Å². The smallest absolute Gasteiger partial charge is 0.265 e. The molecule has 1 amide bonds. The predicted molar refractivity (Wildman–Crippen MR) is 103 cm³/mol. The number of nitrogens with one attached hydrogen (secondary N) is 1. The standard InChI is InChI=1S/C20H21F2N3O2.CH3F/c1-13(2)8-18(20(26)25-12-14-4-3-7-24-11-14)27-16-6-5-15(10-23)17(9-16)19(21)22;1-2/h3-7,9,11,13,18-19H,8,12H2,1-2H3,(H,25,26);1H3. The zero-order valence-corrected chi connectivity index (χ0v) is 16.5. The van der Waals surface area contributed by atoms with Crippen LogP contribution in [0.15, 0.2) is 42.7 Å². The van der Waals surface area contributed by atoms with Gasteiger partial charge in [0.1, 0.15) is 5.75 Å². The van der Waals surface area contributed by atoms with Crippen LogP contribution in [0.3, 0.4) is 0 Å². The highest BCUT2D eigenvalue weighted by molar-refractivity contribution is 5.81. The Hall–Kier alpha value is -3.08. The summed E-state index contributed by atoms with van der Waals surface area (Å²) in [6, 6.07) is 9.15. The number of hydrogen-bond donors (Lipinski definition) is 1. The zero-order chi connectivity index (χ0) is 21.8. The highest BCUT2D eigenvalue weighted by Crippen LogP contribution is 2.28. The Morgan fingerprint density at radius 2 is 2.00 bits per heavy atom. The molecule has 8 heteroatoms. The second-order valence-corrected chi connectivity index (χ2v) is 6.48. The number of aromatic nitrogens is 1. The minimum Gasteiger partial charge on any atom is -0.481 e. The third-order valence-corrected chi connectivity index (χ3v) is 3.82. The van der Waals surface area contributed by atoms with Crippen molar-refractivity contribution < 1.29 is 22.7 Å². The van der Waals surface area contributed by atoms with Crippen molar-refractivity contribution in [1.82, 2.24) is 10.3 Å². The number of pyridine rings is 1. The number of hydrogen-bond acceptors (Lipinski definition) is 4. The number of alkyl halides is 3. The first-order valence-corrected chi connectivity index (χ1v) is 8.94. The summed E-state index contributed by atoms with van der Waals surface area (Å²) in [5.41, 5.74) is 0.320. The van der Waals surface area contributed by atoms with Crippen molar-refractivity contribution in [2.75, 3.05) is 7.18 Å². The fraction of sp³-hybridized carbons (Fsp3) is 0.381. The number of rotatable bonds is 8. The summed E-state index contributed by atoms with van der Waals surface area (Å²) in [6.45, 7) is 4.17. The highest BCUT2D eigenvalue weighted by atomic mass is 19.3. The molecule has 5 nitrogen and oxygen atoms in total. The van der Waals surface area contributed by atoms with Gasteiger partial charge >= 0.3 is 0 Å². The van der Waals surface area contributed by atoms with E-state index in [1.54, 1.807) is 24.5 Å². The number of carbonyl (C=O) groups is 1. The first-order chi connectivity index (χ1) is 13.9. The SMILES string of the molecule is CC(C)CC(Oc1ccc(C#N)c(C(F)F)c1)C(=O)NCc1cccnc1.CF. The third kappa shape index (κ3) is 7.82. The van der Waals surface area contributed by atoms with E-state index in [1.165, 1.54) is 12.1 Å². The molecule has 0 radical (unpaired) electrons. The van der Waals surface area contributed by atoms with Crippen LogP contribution in [-0.4, -0.2) is 24.2 Å². The first-order valence-electron chi connectivity index (χ1n) is 8.94. The Bertz CT molecular complexity index is 809. The summed E-state index contributed by atoms with van der Waals surface area (Å²) in [6.07, 6.45) is 0.0738. The molecule has 1 aromatic carbocycles. The minimum absolute atomic E-state index is 0.112. The zero-order valence-electron chi connectivity index (χ0n) is 16.5. The van der Waals surface area contributed by atoms with Crippen molar-refractivity contribution >= 4 is 5.91 Å². The van der Waals surface area contributed by atoms with E-state index in [9.17, 15) is 18.0 Å². The van der Waals surface area contributed by atoms with Gasteiger partial charge in [0.25, 0.3) is 12.3 Å². The minimum atomic E-state index is -2.80. The number of nitriles is 1. The quantitative estimate of drug-likeness (QED) is 0.695. The van der Waals surface area contributed by atoms with E-state index in [0.717, 1.165) is 11.6 Å². The molecule has 0 saturated carbocycles. The molecule has 2 aromatic rings. The van der Waals surface area contributed by atoms with Gasteiger partial charge < -0.3 is 10.1 Å². The first kappa shape index (κ1) is 24.0. The normalized spacial score (nSPS) is 11.3. The number of carbonyl (C=O) groups excluding carboxylic acids is 1. The maximum atomic E-state index is 13.1. The molecule has 29 heavy (non-hydrogen) atoms. The van der Waals surface area contributed by atoms with E-state index in [0.29, 0.717) is 20.1 Å². The van der Waals surface area contributed by atoms with Gasteiger partial charge in [-0.2, -0.15) is 5.26 Å². The van der Waals surface area contributed by atoms with Crippen LogP contribution in [0.1, 0.15) is 43.4 Å². The average molecular weight is 407 g/mol. The fourth-order valence-corrected chi connectivity index (χ4v) is 2.50. The molecule has 0 spiro atoms. The van der Waals surface area contributed by atoms with Crippen molar-refractivity contribution in [3.05, 3.63) is 59.4 Å². The predicted octanol–water partition coefficient (Wildman–Crippen LogP) is 4.59. The lowest BCUT2D eigenvalue weighted by atomic mass is 10.0. The molecular formula is C21H24F3N3O2. The van der Waals surface area contributed by atoms with Crippen LogP contribution in [0.5, 0.6) is 5.75 Å². The van der Waals surface area contributed by atoms with Gasteiger partial charge in [0.05, 0.1) is 18.8 Å². The third-order valence-electron chi connectivity index (χ3n) is 3.82. The van der Waals surface area contributed by atoms with Crippen LogP contribution in [0.25, 0.3) is 0 Å². The molecule has 2 rings (SSSR count). The highest BCUT2D eigenvalue weighted by Gasteiger charge is 2.23. The van der Waals surface area contributed by atoms with Gasteiger partial charge in [-0.15, -0.1) is 0 Å². The molecular weight excluding hydrogens is 383 g/mol. The number of nitrogens with zero attached hydrogens (tertiary/aromatic N) is 2. The van der Waals surface area contributed by atoms with Gasteiger partial charge in [-0.1, -0.05) is 19.9 Å². The molecule has 1 unspecified atom stereocenters. The van der Waals surface area contributed by atoms with E-state index in [4.69, 9.17) is 10.00 Å². The van der Waals surface area contributed by atoms with Gasteiger partial charge in [0, 0.05) is 24.5 Å². The molecule has 0 aliphatic rings. The summed E-state index contributed by atoms with van der Waals surface area (Å²) < 4.78 is 41.4. The molecule has 0 aliphatic carbocycles. The van der Waals surface area contributed by atoms with E-state index in [1.807, 2.05) is 19.9 Å². The lowest BCUT2D eigenvalue weighted by Gasteiger charge is -2.21. The molecule has 0 fully saturated rings. The Morgan fingerprint density at radius 3 is 2.55 bits per heavy atom. The van der Waals surface area contributed by atoms with E-state index in [2.05, 4.69) is 10.3 Å². The maximum absolute atomic E-state index is 13.1. The van der Waals surface area contributed by atoms with Crippen LogP contribution in [-0.2, 0) is 11.3 Å². The monoisotopic (exact) mass is 407 g/mol. The Balaban J connectivity index is 0.00000204. The van der Waals surface area contributed by atoms with Crippen molar-refractivity contribution in [3.63, 3.8) is 0 Å². The van der Waals surface area contributed by atoms with Crippen LogP contribution < -0.4 is 10.1 Å². The number of amides is 1. The molecule has 0 saturated heterocycles. The van der Waals surface area contributed by atoms with Crippen LogP contribution >= 0.6 is 0 Å². The summed E-state index contributed by atoms with van der Waals surface area (Å²) in [5, 5.41) is 11.7. The number of benzene rings is 1. The molecule has 1 aromatic heterocycles. The van der Waals surface area contributed by atoms with E-state index < -0.39 is 18.1 Å². The Labute approximate surface area is 168 Å². The van der Waals surface area contributed by atoms with Gasteiger partial charge in [0.2, 0.25) is 0 Å². The lowest BCUT2D eigenvalue weighted by Crippen LogP contribution is -2.39. The molecule has 1 atom stereocenters. The van der Waals surface area contributed by atoms with Crippen molar-refractivity contribution in [3.8, 4) is 11.8 Å². The average Bonchev–Trinajstić information content (AvgIpc) is 2.73. The molecule has 156 valence electrons. The summed E-state index contributed by atoms with van der Waals surface area (Å²) >= 11 is 0. The fourth-order valence-electron chi connectivity index (χ4n) is 2.50. The summed E-state index contributed by atoms with van der Waals surface area (Å²) in [5.74, 6) is -0.0471. The molecule has 1 N–H and O–H groups in total. The lowest BCUT2D eigenvalue weighted by molar-refractivity contribution is -0.128. The van der Waals surface area contributed by atoms with Gasteiger partial charge in [-0.05, 0) is 42.2 Å². The van der Waals surface area contributed by atoms with E-state index in [-0.39, 0.29) is 23.1 Å². The largest absolute Gasteiger partial charge is 0.481 e. The molecule has 0 aliphatic heterocycles. The second kappa shape index (κ2) is 12.4. The molecule has 1 heterocycles. The Morgan fingerprint density at radius 1 is 1.28 bits per heavy atom. The molecule has 0 bridgehead atoms. The maximum Gasteiger partial charge on any atom is 0.265 e. The van der Waals surface area contributed by atoms with E-state index >= 15 is 0 Å². The van der Waals surface area contributed by atoms with Crippen molar-refractivity contribution in [2.45, 2.75) is 39.3 Å². The summed E-state index contributed by atoms with van der Waals surface area (Å²) in [4.78, 5) is 16.5. The number of halogens is 3. The number of ether oxygens (including phenoxy) is 1. The van der Waals surface area contributed by atoms with Gasteiger partial charge in [-0.25, -0.2) is 8.78 Å². The topological polar surface area (TPSA) is 75.0 Å². The Kier molecular flexibility index (Phi) is 10.2. The van der Waals surface area contributed by atoms with Crippen molar-refractivity contribution in [2.24, 2.45) is 5.92 Å².